The third-order valence-corrected chi connectivity index (χ3v) is 4.64. The lowest BCUT2D eigenvalue weighted by atomic mass is 10.2. The van der Waals surface area contributed by atoms with E-state index >= 15 is 0 Å². The molecule has 0 heterocycles. The zero-order chi connectivity index (χ0) is 15.5. The molecule has 0 spiro atoms. The largest absolute Gasteiger partial charge is 0.263 e. The highest BCUT2D eigenvalue weighted by molar-refractivity contribution is 7.89. The van der Waals surface area contributed by atoms with Crippen molar-refractivity contribution in [3.8, 4) is 0 Å². The van der Waals surface area contributed by atoms with Gasteiger partial charge in [-0.05, 0) is 23.8 Å². The topological polar surface area (TPSA) is 46.2 Å². The summed E-state index contributed by atoms with van der Waals surface area (Å²) in [6, 6.07) is 11.3. The molecule has 0 aromatic heterocycles. The molecule has 3 nitrogen and oxygen atoms in total. The van der Waals surface area contributed by atoms with E-state index in [2.05, 4.69) is 4.72 Å². The molecule has 7 heteroatoms. The molecule has 0 fully saturated rings. The SMILES string of the molecule is O=S(=O)(NCc1ccccc1Cl)c1ccc(C(F)F)cc1. The fraction of sp³-hybridized carbons (Fsp3) is 0.143. The molecule has 0 saturated carbocycles. The van der Waals surface area contributed by atoms with E-state index in [1.54, 1.807) is 24.3 Å². The molecule has 0 aliphatic heterocycles. The molecule has 0 unspecified atom stereocenters. The molecule has 1 N–H and O–H groups in total. The maximum Gasteiger partial charge on any atom is 0.263 e. The summed E-state index contributed by atoms with van der Waals surface area (Å²) >= 11 is 5.94. The fourth-order valence-electron chi connectivity index (χ4n) is 1.69. The predicted molar refractivity (Wildman–Crippen MR) is 76.9 cm³/mol. The number of rotatable bonds is 5. The van der Waals surface area contributed by atoms with Crippen LogP contribution in [0.15, 0.2) is 53.4 Å². The third-order valence-electron chi connectivity index (χ3n) is 2.85. The number of sulfonamides is 1. The van der Waals surface area contributed by atoms with Gasteiger partial charge in [-0.2, -0.15) is 0 Å². The van der Waals surface area contributed by atoms with Gasteiger partial charge in [0.1, 0.15) is 0 Å². The number of hydrogen-bond donors (Lipinski definition) is 1. The molecule has 0 bridgehead atoms. The molecular formula is C14H12ClF2NO2S. The smallest absolute Gasteiger partial charge is 0.207 e. The van der Waals surface area contributed by atoms with Gasteiger partial charge in [-0.1, -0.05) is 41.9 Å². The van der Waals surface area contributed by atoms with Crippen molar-refractivity contribution < 1.29 is 17.2 Å². The third kappa shape index (κ3) is 4.00. The molecule has 21 heavy (non-hydrogen) atoms. The predicted octanol–water partition coefficient (Wildman–Crippen LogP) is 3.76. The number of benzene rings is 2. The summed E-state index contributed by atoms with van der Waals surface area (Å²) in [6.45, 7) is 0.0264. The minimum atomic E-state index is -3.77. The van der Waals surface area contributed by atoms with Gasteiger partial charge in [0.15, 0.2) is 0 Å². The first-order valence-electron chi connectivity index (χ1n) is 6.01. The monoisotopic (exact) mass is 331 g/mol. The Balaban J connectivity index is 2.13. The van der Waals surface area contributed by atoms with Gasteiger partial charge in [-0.25, -0.2) is 21.9 Å². The molecule has 2 aromatic rings. The van der Waals surface area contributed by atoms with E-state index in [1.807, 2.05) is 0 Å². The van der Waals surface area contributed by atoms with E-state index in [9.17, 15) is 17.2 Å². The van der Waals surface area contributed by atoms with E-state index in [0.29, 0.717) is 10.6 Å². The van der Waals surface area contributed by atoms with Gasteiger partial charge >= 0.3 is 0 Å². The summed E-state index contributed by atoms with van der Waals surface area (Å²) in [5, 5.41) is 0.452. The Kier molecular flexibility index (Phi) is 4.92. The highest BCUT2D eigenvalue weighted by Gasteiger charge is 2.15. The molecule has 0 aliphatic rings. The van der Waals surface area contributed by atoms with Crippen LogP contribution in [0.25, 0.3) is 0 Å². The van der Waals surface area contributed by atoms with Crippen LogP contribution in [0.4, 0.5) is 8.78 Å². The van der Waals surface area contributed by atoms with E-state index in [4.69, 9.17) is 11.6 Å². The van der Waals surface area contributed by atoms with Crippen LogP contribution in [0.2, 0.25) is 5.02 Å². The number of hydrogen-bond acceptors (Lipinski definition) is 2. The maximum absolute atomic E-state index is 12.4. The lowest BCUT2D eigenvalue weighted by Gasteiger charge is -2.08. The van der Waals surface area contributed by atoms with Crippen LogP contribution in [0.1, 0.15) is 17.6 Å². The lowest BCUT2D eigenvalue weighted by molar-refractivity contribution is 0.151. The second-order valence-corrected chi connectivity index (χ2v) is 6.46. The summed E-state index contributed by atoms with van der Waals surface area (Å²) in [5.41, 5.74) is 0.409. The van der Waals surface area contributed by atoms with Crippen LogP contribution in [0, 0.1) is 0 Å². The zero-order valence-corrected chi connectivity index (χ0v) is 12.3. The second kappa shape index (κ2) is 6.51. The lowest BCUT2D eigenvalue weighted by Crippen LogP contribution is -2.23. The van der Waals surface area contributed by atoms with E-state index in [-0.39, 0.29) is 17.0 Å². The standard InChI is InChI=1S/C14H12ClF2NO2S/c15-13-4-2-1-3-11(13)9-18-21(19,20)12-7-5-10(6-8-12)14(16)17/h1-8,14,18H,9H2. The average molecular weight is 332 g/mol. The Bertz CT molecular complexity index is 718. The van der Waals surface area contributed by atoms with E-state index in [0.717, 1.165) is 24.3 Å². The Labute approximate surface area is 126 Å². The van der Waals surface area contributed by atoms with Crippen LogP contribution < -0.4 is 4.72 Å². The van der Waals surface area contributed by atoms with Crippen LogP contribution in [0.3, 0.4) is 0 Å². The van der Waals surface area contributed by atoms with Gasteiger partial charge in [-0.3, -0.25) is 0 Å². The van der Waals surface area contributed by atoms with Crippen LogP contribution in [0.5, 0.6) is 0 Å². The fourth-order valence-corrected chi connectivity index (χ4v) is 2.90. The Morgan fingerprint density at radius 1 is 1.05 bits per heavy atom. The van der Waals surface area contributed by atoms with Crippen molar-refractivity contribution in [1.82, 2.24) is 4.72 Å². The van der Waals surface area contributed by atoms with Crippen LogP contribution >= 0.6 is 11.6 Å². The minimum absolute atomic E-state index is 0.0264. The van der Waals surface area contributed by atoms with Crippen molar-refractivity contribution in [3.63, 3.8) is 0 Å². The highest BCUT2D eigenvalue weighted by atomic mass is 35.5. The molecule has 0 radical (unpaired) electrons. The Morgan fingerprint density at radius 3 is 2.24 bits per heavy atom. The number of alkyl halides is 2. The summed E-state index contributed by atoms with van der Waals surface area (Å²) in [7, 11) is -3.77. The first-order chi connectivity index (χ1) is 9.90. The molecule has 0 amide bonds. The summed E-state index contributed by atoms with van der Waals surface area (Å²) in [5.74, 6) is 0. The highest BCUT2D eigenvalue weighted by Crippen LogP contribution is 2.21. The van der Waals surface area contributed by atoms with Gasteiger partial charge in [0.25, 0.3) is 6.43 Å². The minimum Gasteiger partial charge on any atom is -0.207 e. The molecule has 2 rings (SSSR count). The zero-order valence-electron chi connectivity index (χ0n) is 10.8. The normalized spacial score (nSPS) is 11.8. The summed E-state index contributed by atoms with van der Waals surface area (Å²) in [4.78, 5) is -0.0704. The maximum atomic E-state index is 12.4. The van der Waals surface area contributed by atoms with Crippen molar-refractivity contribution in [3.05, 3.63) is 64.7 Å². The molecule has 0 saturated heterocycles. The quantitative estimate of drug-likeness (QED) is 0.906. The van der Waals surface area contributed by atoms with Crippen LogP contribution in [-0.4, -0.2) is 8.42 Å². The van der Waals surface area contributed by atoms with Crippen molar-refractivity contribution in [2.75, 3.05) is 0 Å². The van der Waals surface area contributed by atoms with E-state index < -0.39 is 16.4 Å². The van der Waals surface area contributed by atoms with Crippen molar-refractivity contribution >= 4 is 21.6 Å². The summed E-state index contributed by atoms with van der Waals surface area (Å²) in [6.07, 6.45) is -2.63. The van der Waals surface area contributed by atoms with Crippen molar-refractivity contribution in [1.29, 1.82) is 0 Å². The van der Waals surface area contributed by atoms with Gasteiger partial charge in [0.05, 0.1) is 4.90 Å². The molecule has 0 aliphatic carbocycles. The van der Waals surface area contributed by atoms with Crippen molar-refractivity contribution in [2.24, 2.45) is 0 Å². The Morgan fingerprint density at radius 2 is 1.67 bits per heavy atom. The second-order valence-electron chi connectivity index (χ2n) is 4.29. The van der Waals surface area contributed by atoms with Gasteiger partial charge in [0.2, 0.25) is 10.0 Å². The number of nitrogens with one attached hydrogen (secondary N) is 1. The molecular weight excluding hydrogens is 320 g/mol. The van der Waals surface area contributed by atoms with Gasteiger partial charge < -0.3 is 0 Å². The first kappa shape index (κ1) is 15.9. The van der Waals surface area contributed by atoms with Gasteiger partial charge in [-0.15, -0.1) is 0 Å². The van der Waals surface area contributed by atoms with Crippen molar-refractivity contribution in [2.45, 2.75) is 17.9 Å². The van der Waals surface area contributed by atoms with Crippen LogP contribution in [-0.2, 0) is 16.6 Å². The first-order valence-corrected chi connectivity index (χ1v) is 7.87. The summed E-state index contributed by atoms with van der Waals surface area (Å²) < 4.78 is 51.4. The molecule has 0 atom stereocenters. The number of halogens is 3. The molecule has 2 aromatic carbocycles. The van der Waals surface area contributed by atoms with E-state index in [1.165, 1.54) is 0 Å². The average Bonchev–Trinajstić information content (AvgIpc) is 2.46. The molecule has 112 valence electrons. The van der Waals surface area contributed by atoms with Gasteiger partial charge in [0, 0.05) is 17.1 Å². The Hall–Kier alpha value is -1.50.